The fourth-order valence-electron chi connectivity index (χ4n) is 2.40. The van der Waals surface area contributed by atoms with E-state index in [9.17, 15) is 14.4 Å². The standard InChI is InChI=1S/C15H11BrO4/c1-15(2)6-5-7-9(20-15)4-3-8-10(7)13(18)14(19)11(16)12(8)17/h3-6,11H,1-2H3. The number of hydrogen-bond donors (Lipinski definition) is 0. The zero-order chi connectivity index (χ0) is 14.7. The smallest absolute Gasteiger partial charge is 0.231 e. The van der Waals surface area contributed by atoms with Crippen LogP contribution in [0.5, 0.6) is 5.75 Å². The number of rotatable bonds is 0. The van der Waals surface area contributed by atoms with Gasteiger partial charge in [0.15, 0.2) is 5.78 Å². The van der Waals surface area contributed by atoms with Crippen LogP contribution in [0.1, 0.15) is 40.1 Å². The van der Waals surface area contributed by atoms with Crippen LogP contribution >= 0.6 is 15.9 Å². The first kappa shape index (κ1) is 13.2. The second-order valence-electron chi connectivity index (χ2n) is 5.36. The van der Waals surface area contributed by atoms with Crippen molar-refractivity contribution in [3.05, 3.63) is 34.9 Å². The molecule has 1 aromatic carbocycles. The third-order valence-electron chi connectivity index (χ3n) is 3.41. The second-order valence-corrected chi connectivity index (χ2v) is 6.27. The van der Waals surface area contributed by atoms with Crippen LogP contribution in [-0.2, 0) is 4.79 Å². The van der Waals surface area contributed by atoms with Gasteiger partial charge in [0.1, 0.15) is 16.2 Å². The highest BCUT2D eigenvalue weighted by molar-refractivity contribution is 9.10. The summed E-state index contributed by atoms with van der Waals surface area (Å²) in [5.74, 6) is -1.25. The Bertz CT molecular complexity index is 700. The van der Waals surface area contributed by atoms with Crippen molar-refractivity contribution < 1.29 is 19.1 Å². The molecule has 1 aliphatic carbocycles. The Kier molecular flexibility index (Phi) is 2.73. The topological polar surface area (TPSA) is 60.4 Å². The third-order valence-corrected chi connectivity index (χ3v) is 4.24. The Labute approximate surface area is 123 Å². The summed E-state index contributed by atoms with van der Waals surface area (Å²) in [6.45, 7) is 3.77. The Morgan fingerprint density at radius 3 is 2.55 bits per heavy atom. The maximum absolute atomic E-state index is 12.2. The molecule has 4 nitrogen and oxygen atoms in total. The molecule has 0 aromatic heterocycles. The van der Waals surface area contributed by atoms with Gasteiger partial charge in [-0.2, -0.15) is 0 Å². The average molecular weight is 335 g/mol. The van der Waals surface area contributed by atoms with Crippen LogP contribution in [0, 0.1) is 0 Å². The molecule has 20 heavy (non-hydrogen) atoms. The molecule has 2 aliphatic rings. The Morgan fingerprint density at radius 1 is 1.15 bits per heavy atom. The minimum atomic E-state index is -1.08. The molecule has 1 unspecified atom stereocenters. The molecule has 0 N–H and O–H groups in total. The molecular formula is C15H11BrO4. The highest BCUT2D eigenvalue weighted by Crippen LogP contribution is 2.37. The van der Waals surface area contributed by atoms with Gasteiger partial charge in [-0.05, 0) is 32.1 Å². The highest BCUT2D eigenvalue weighted by atomic mass is 79.9. The number of ketones is 3. The summed E-state index contributed by atoms with van der Waals surface area (Å²) in [5, 5.41) is 0. The van der Waals surface area contributed by atoms with Crippen LogP contribution in [0.4, 0.5) is 0 Å². The summed E-state index contributed by atoms with van der Waals surface area (Å²) in [6.07, 6.45) is 3.54. The van der Waals surface area contributed by atoms with Crippen LogP contribution in [0.25, 0.3) is 6.08 Å². The van der Waals surface area contributed by atoms with Crippen molar-refractivity contribution >= 4 is 39.4 Å². The van der Waals surface area contributed by atoms with Gasteiger partial charge in [-0.15, -0.1) is 0 Å². The van der Waals surface area contributed by atoms with E-state index >= 15 is 0 Å². The second kappa shape index (κ2) is 4.12. The number of alkyl halides is 1. The van der Waals surface area contributed by atoms with E-state index in [2.05, 4.69) is 15.9 Å². The van der Waals surface area contributed by atoms with Gasteiger partial charge in [-0.1, -0.05) is 22.0 Å². The maximum atomic E-state index is 12.2. The van der Waals surface area contributed by atoms with Crippen molar-refractivity contribution in [3.63, 3.8) is 0 Å². The molecule has 0 fully saturated rings. The Balaban J connectivity index is 2.27. The first-order chi connectivity index (χ1) is 9.32. The van der Waals surface area contributed by atoms with Crippen molar-refractivity contribution in [2.75, 3.05) is 0 Å². The van der Waals surface area contributed by atoms with E-state index in [0.29, 0.717) is 11.3 Å². The van der Waals surface area contributed by atoms with E-state index in [-0.39, 0.29) is 16.9 Å². The normalized spacial score (nSPS) is 23.1. The largest absolute Gasteiger partial charge is 0.483 e. The number of fused-ring (bicyclic) bond motifs is 3. The number of carbonyl (C=O) groups excluding carboxylic acids is 3. The maximum Gasteiger partial charge on any atom is 0.231 e. The lowest BCUT2D eigenvalue weighted by atomic mass is 9.84. The van der Waals surface area contributed by atoms with E-state index in [1.54, 1.807) is 24.3 Å². The molecule has 1 aromatic rings. The number of Topliss-reactive ketones (excluding diaryl/α,β-unsaturated/α-hetero) is 3. The number of benzene rings is 1. The molecule has 1 aliphatic heterocycles. The van der Waals surface area contributed by atoms with E-state index in [1.165, 1.54) is 0 Å². The third kappa shape index (κ3) is 1.77. The number of ether oxygens (including phenoxy) is 1. The van der Waals surface area contributed by atoms with Crippen molar-refractivity contribution in [1.29, 1.82) is 0 Å². The van der Waals surface area contributed by atoms with Crippen LogP contribution in [0.3, 0.4) is 0 Å². The SMILES string of the molecule is CC1(C)C=Cc2c(ccc3c2C(=O)C(=O)C(Br)C3=O)O1. The first-order valence-electron chi connectivity index (χ1n) is 6.14. The van der Waals surface area contributed by atoms with Gasteiger partial charge in [0.25, 0.3) is 0 Å². The fraction of sp³-hybridized carbons (Fsp3) is 0.267. The molecule has 5 heteroatoms. The van der Waals surface area contributed by atoms with Gasteiger partial charge in [-0.3, -0.25) is 14.4 Å². The van der Waals surface area contributed by atoms with Crippen LogP contribution in [-0.4, -0.2) is 27.8 Å². The van der Waals surface area contributed by atoms with Gasteiger partial charge < -0.3 is 4.74 Å². The molecular weight excluding hydrogens is 324 g/mol. The van der Waals surface area contributed by atoms with E-state index in [4.69, 9.17) is 4.74 Å². The first-order valence-corrected chi connectivity index (χ1v) is 7.05. The lowest BCUT2D eigenvalue weighted by Gasteiger charge is -2.30. The lowest BCUT2D eigenvalue weighted by molar-refractivity contribution is -0.114. The minimum absolute atomic E-state index is 0.153. The summed E-state index contributed by atoms with van der Waals surface area (Å²) >= 11 is 2.97. The van der Waals surface area contributed by atoms with E-state index in [0.717, 1.165) is 0 Å². The zero-order valence-electron chi connectivity index (χ0n) is 10.9. The van der Waals surface area contributed by atoms with Gasteiger partial charge in [0.2, 0.25) is 11.6 Å². The molecule has 0 saturated heterocycles. The predicted molar refractivity (Wildman–Crippen MR) is 76.6 cm³/mol. The fourth-order valence-corrected chi connectivity index (χ4v) is 2.85. The molecule has 0 saturated carbocycles. The summed E-state index contributed by atoms with van der Waals surface area (Å²) in [4.78, 5) is 35.0. The van der Waals surface area contributed by atoms with Gasteiger partial charge >= 0.3 is 0 Å². The monoisotopic (exact) mass is 334 g/mol. The number of hydrogen-bond acceptors (Lipinski definition) is 4. The van der Waals surface area contributed by atoms with Crippen LogP contribution < -0.4 is 4.74 Å². The molecule has 0 amide bonds. The quantitative estimate of drug-likeness (QED) is 0.415. The predicted octanol–water partition coefficient (Wildman–Crippen LogP) is 2.58. The lowest BCUT2D eigenvalue weighted by Crippen LogP contribution is -2.38. The molecule has 0 bridgehead atoms. The van der Waals surface area contributed by atoms with Crippen molar-refractivity contribution in [2.24, 2.45) is 0 Å². The number of carbonyl (C=O) groups is 3. The highest BCUT2D eigenvalue weighted by Gasteiger charge is 2.41. The average Bonchev–Trinajstić information content (AvgIpc) is 2.40. The van der Waals surface area contributed by atoms with E-state index < -0.39 is 22.0 Å². The zero-order valence-corrected chi connectivity index (χ0v) is 12.5. The molecule has 0 spiro atoms. The Hall–Kier alpha value is -1.75. The van der Waals surface area contributed by atoms with Crippen molar-refractivity contribution in [1.82, 2.24) is 0 Å². The van der Waals surface area contributed by atoms with Gasteiger partial charge in [-0.25, -0.2) is 0 Å². The van der Waals surface area contributed by atoms with Crippen molar-refractivity contribution in [2.45, 2.75) is 24.3 Å². The molecule has 1 heterocycles. The van der Waals surface area contributed by atoms with E-state index in [1.807, 2.05) is 13.8 Å². The number of halogens is 1. The van der Waals surface area contributed by atoms with Crippen LogP contribution in [0.2, 0.25) is 0 Å². The molecule has 0 radical (unpaired) electrons. The van der Waals surface area contributed by atoms with Crippen LogP contribution in [0.15, 0.2) is 18.2 Å². The van der Waals surface area contributed by atoms with Gasteiger partial charge in [0.05, 0.1) is 0 Å². The van der Waals surface area contributed by atoms with Gasteiger partial charge in [0, 0.05) is 16.7 Å². The molecule has 1 atom stereocenters. The summed E-state index contributed by atoms with van der Waals surface area (Å²) in [6, 6.07) is 3.21. The Morgan fingerprint density at radius 2 is 1.85 bits per heavy atom. The summed E-state index contributed by atoms with van der Waals surface area (Å²) in [5.41, 5.74) is 0.446. The minimum Gasteiger partial charge on any atom is -0.483 e. The summed E-state index contributed by atoms with van der Waals surface area (Å²) < 4.78 is 5.76. The molecule has 3 rings (SSSR count). The molecule has 102 valence electrons. The van der Waals surface area contributed by atoms with Crippen molar-refractivity contribution in [3.8, 4) is 5.75 Å². The summed E-state index contributed by atoms with van der Waals surface area (Å²) in [7, 11) is 0.